The van der Waals surface area contributed by atoms with Crippen molar-refractivity contribution in [1.82, 2.24) is 20.2 Å². The van der Waals surface area contributed by atoms with Gasteiger partial charge in [-0.15, -0.1) is 0 Å². The summed E-state index contributed by atoms with van der Waals surface area (Å²) >= 11 is 0. The van der Waals surface area contributed by atoms with Gasteiger partial charge in [0.25, 0.3) is 5.56 Å². The topological polar surface area (TPSA) is 64.3 Å². The number of anilines is 1. The Morgan fingerprint density at radius 1 is 1.22 bits per heavy atom. The SMILES string of the molecule is CN1CCN(c2nc3c(c(=O)[nH]2)CNCC3)CC1. The Balaban J connectivity index is 1.89. The molecule has 0 spiro atoms. The molecule has 1 fully saturated rings. The number of hydrogen-bond donors (Lipinski definition) is 2. The first kappa shape index (κ1) is 11.7. The van der Waals surface area contributed by atoms with Crippen LogP contribution in [0.1, 0.15) is 11.3 Å². The van der Waals surface area contributed by atoms with E-state index in [0.29, 0.717) is 6.54 Å². The normalized spacial score (nSPS) is 20.8. The van der Waals surface area contributed by atoms with Gasteiger partial charge in [-0.05, 0) is 7.05 Å². The van der Waals surface area contributed by atoms with E-state index in [1.165, 1.54) is 0 Å². The van der Waals surface area contributed by atoms with E-state index in [-0.39, 0.29) is 5.56 Å². The molecular formula is C12H19N5O. The number of nitrogens with one attached hydrogen (secondary N) is 2. The summed E-state index contributed by atoms with van der Waals surface area (Å²) in [4.78, 5) is 24.0. The lowest BCUT2D eigenvalue weighted by Crippen LogP contribution is -2.46. The number of aromatic amines is 1. The van der Waals surface area contributed by atoms with Gasteiger partial charge < -0.3 is 15.1 Å². The zero-order chi connectivity index (χ0) is 12.5. The predicted octanol–water partition coefficient (Wildman–Crippen LogP) is -0.833. The molecule has 0 aromatic carbocycles. The fraction of sp³-hybridized carbons (Fsp3) is 0.667. The Labute approximate surface area is 106 Å². The van der Waals surface area contributed by atoms with E-state index in [1.807, 2.05) is 0 Å². The molecule has 0 unspecified atom stereocenters. The van der Waals surface area contributed by atoms with Gasteiger partial charge in [-0.1, -0.05) is 0 Å². The second-order valence-electron chi connectivity index (χ2n) is 5.03. The lowest BCUT2D eigenvalue weighted by atomic mass is 10.1. The molecular weight excluding hydrogens is 230 g/mol. The molecule has 0 amide bonds. The highest BCUT2D eigenvalue weighted by Crippen LogP contribution is 2.13. The number of aromatic nitrogens is 2. The second-order valence-corrected chi connectivity index (χ2v) is 5.03. The molecule has 6 nitrogen and oxygen atoms in total. The van der Waals surface area contributed by atoms with Crippen molar-refractivity contribution in [3.8, 4) is 0 Å². The highest BCUT2D eigenvalue weighted by atomic mass is 16.1. The van der Waals surface area contributed by atoms with E-state index in [2.05, 4.69) is 32.1 Å². The molecule has 6 heteroatoms. The van der Waals surface area contributed by atoms with Crippen LogP contribution in [-0.2, 0) is 13.0 Å². The van der Waals surface area contributed by atoms with Crippen LogP contribution in [0.3, 0.4) is 0 Å². The molecule has 98 valence electrons. The van der Waals surface area contributed by atoms with Crippen molar-refractivity contribution in [2.24, 2.45) is 0 Å². The number of piperazine rings is 1. The molecule has 18 heavy (non-hydrogen) atoms. The summed E-state index contributed by atoms with van der Waals surface area (Å²) in [5.74, 6) is 0.744. The standard InChI is InChI=1S/C12H19N5O/c1-16-4-6-17(7-5-16)12-14-10-2-3-13-8-9(10)11(18)15-12/h13H,2-8H2,1H3,(H,14,15,18). The summed E-state index contributed by atoms with van der Waals surface area (Å²) in [6.07, 6.45) is 0.847. The third kappa shape index (κ3) is 2.13. The van der Waals surface area contributed by atoms with Crippen molar-refractivity contribution in [1.29, 1.82) is 0 Å². The van der Waals surface area contributed by atoms with E-state index in [0.717, 1.165) is 56.4 Å². The van der Waals surface area contributed by atoms with Crippen LogP contribution >= 0.6 is 0 Å². The molecule has 2 N–H and O–H groups in total. The zero-order valence-electron chi connectivity index (χ0n) is 10.7. The monoisotopic (exact) mass is 249 g/mol. The molecule has 0 aliphatic carbocycles. The van der Waals surface area contributed by atoms with Crippen molar-refractivity contribution >= 4 is 5.95 Å². The number of likely N-dealkylation sites (N-methyl/N-ethyl adjacent to an activating group) is 1. The number of fused-ring (bicyclic) bond motifs is 1. The van der Waals surface area contributed by atoms with Gasteiger partial charge in [-0.25, -0.2) is 4.98 Å². The van der Waals surface area contributed by atoms with Crippen LogP contribution in [-0.4, -0.2) is 54.6 Å². The molecule has 3 rings (SSSR count). The highest BCUT2D eigenvalue weighted by molar-refractivity contribution is 5.34. The summed E-state index contributed by atoms with van der Waals surface area (Å²) in [6.45, 7) is 5.43. The summed E-state index contributed by atoms with van der Waals surface area (Å²) in [5.41, 5.74) is 1.78. The molecule has 1 aromatic heterocycles. The van der Waals surface area contributed by atoms with Crippen molar-refractivity contribution in [2.75, 3.05) is 44.7 Å². The Morgan fingerprint density at radius 3 is 2.78 bits per heavy atom. The minimum absolute atomic E-state index is 0.0149. The van der Waals surface area contributed by atoms with E-state index in [4.69, 9.17) is 0 Å². The Bertz CT molecular complexity index is 490. The van der Waals surface area contributed by atoms with Gasteiger partial charge in [0.2, 0.25) is 5.95 Å². The Kier molecular flexibility index (Phi) is 3.05. The minimum atomic E-state index is 0.0149. The third-order valence-corrected chi connectivity index (χ3v) is 3.73. The number of hydrogen-bond acceptors (Lipinski definition) is 5. The minimum Gasteiger partial charge on any atom is -0.340 e. The quantitative estimate of drug-likeness (QED) is 0.680. The van der Waals surface area contributed by atoms with Crippen LogP contribution in [0.5, 0.6) is 0 Å². The molecule has 0 radical (unpaired) electrons. The summed E-state index contributed by atoms with van der Waals surface area (Å²) < 4.78 is 0. The lowest BCUT2D eigenvalue weighted by Gasteiger charge is -2.33. The molecule has 1 aromatic rings. The summed E-state index contributed by atoms with van der Waals surface area (Å²) in [5, 5.41) is 3.21. The molecule has 3 heterocycles. The fourth-order valence-electron chi connectivity index (χ4n) is 2.51. The van der Waals surface area contributed by atoms with Gasteiger partial charge in [0, 0.05) is 45.7 Å². The molecule has 2 aliphatic heterocycles. The van der Waals surface area contributed by atoms with E-state index in [1.54, 1.807) is 0 Å². The molecule has 0 bridgehead atoms. The third-order valence-electron chi connectivity index (χ3n) is 3.73. The van der Waals surface area contributed by atoms with Crippen LogP contribution in [0.25, 0.3) is 0 Å². The van der Waals surface area contributed by atoms with Crippen LogP contribution in [0.2, 0.25) is 0 Å². The van der Waals surface area contributed by atoms with Crippen molar-refractivity contribution in [3.05, 3.63) is 21.6 Å². The van der Waals surface area contributed by atoms with Crippen LogP contribution in [0.15, 0.2) is 4.79 Å². The number of rotatable bonds is 1. The average Bonchev–Trinajstić information content (AvgIpc) is 2.39. The second kappa shape index (κ2) is 4.70. The molecule has 0 atom stereocenters. The van der Waals surface area contributed by atoms with Gasteiger partial charge >= 0.3 is 0 Å². The van der Waals surface area contributed by atoms with Crippen molar-refractivity contribution in [2.45, 2.75) is 13.0 Å². The summed E-state index contributed by atoms with van der Waals surface area (Å²) in [7, 11) is 2.12. The number of nitrogens with zero attached hydrogens (tertiary/aromatic N) is 3. The van der Waals surface area contributed by atoms with Crippen molar-refractivity contribution in [3.63, 3.8) is 0 Å². The van der Waals surface area contributed by atoms with Crippen LogP contribution < -0.4 is 15.8 Å². The maximum Gasteiger partial charge on any atom is 0.257 e. The maximum atomic E-state index is 12.0. The summed E-state index contributed by atoms with van der Waals surface area (Å²) in [6, 6.07) is 0. The zero-order valence-corrected chi connectivity index (χ0v) is 10.7. The number of H-pyrrole nitrogens is 1. The van der Waals surface area contributed by atoms with E-state index >= 15 is 0 Å². The maximum absolute atomic E-state index is 12.0. The van der Waals surface area contributed by atoms with Gasteiger partial charge in [0.1, 0.15) is 0 Å². The average molecular weight is 249 g/mol. The predicted molar refractivity (Wildman–Crippen MR) is 70.0 cm³/mol. The Morgan fingerprint density at radius 2 is 2.00 bits per heavy atom. The van der Waals surface area contributed by atoms with E-state index < -0.39 is 0 Å². The van der Waals surface area contributed by atoms with E-state index in [9.17, 15) is 4.79 Å². The van der Waals surface area contributed by atoms with Crippen LogP contribution in [0.4, 0.5) is 5.95 Å². The fourth-order valence-corrected chi connectivity index (χ4v) is 2.51. The highest BCUT2D eigenvalue weighted by Gasteiger charge is 2.20. The first-order chi connectivity index (χ1) is 8.74. The van der Waals surface area contributed by atoms with Crippen LogP contribution in [0, 0.1) is 0 Å². The molecule has 0 saturated carbocycles. The van der Waals surface area contributed by atoms with Gasteiger partial charge in [0.15, 0.2) is 0 Å². The van der Waals surface area contributed by atoms with Gasteiger partial charge in [0.05, 0.1) is 11.3 Å². The first-order valence-electron chi connectivity index (χ1n) is 6.50. The lowest BCUT2D eigenvalue weighted by molar-refractivity contribution is 0.311. The smallest absolute Gasteiger partial charge is 0.257 e. The largest absolute Gasteiger partial charge is 0.340 e. The Hall–Kier alpha value is -1.40. The molecule has 1 saturated heterocycles. The van der Waals surface area contributed by atoms with Crippen molar-refractivity contribution < 1.29 is 0 Å². The van der Waals surface area contributed by atoms with Gasteiger partial charge in [-0.2, -0.15) is 0 Å². The molecule has 2 aliphatic rings. The van der Waals surface area contributed by atoms with Gasteiger partial charge in [-0.3, -0.25) is 9.78 Å². The first-order valence-corrected chi connectivity index (χ1v) is 6.50.